The fourth-order valence-corrected chi connectivity index (χ4v) is 5.66. The molecule has 37 heavy (non-hydrogen) atoms. The van der Waals surface area contributed by atoms with Gasteiger partial charge in [-0.1, -0.05) is 73.5 Å². The van der Waals surface area contributed by atoms with Crippen molar-refractivity contribution < 1.29 is 19.4 Å². The van der Waals surface area contributed by atoms with Gasteiger partial charge in [-0.2, -0.15) is 0 Å². The Morgan fingerprint density at radius 1 is 1.00 bits per heavy atom. The number of benzene rings is 2. The van der Waals surface area contributed by atoms with Gasteiger partial charge in [-0.3, -0.25) is 4.79 Å². The van der Waals surface area contributed by atoms with Gasteiger partial charge >= 0.3 is 0 Å². The first kappa shape index (κ1) is 25.1. The van der Waals surface area contributed by atoms with E-state index in [-0.39, 0.29) is 24.7 Å². The van der Waals surface area contributed by atoms with Gasteiger partial charge in [0.1, 0.15) is 12.3 Å². The molecule has 2 heterocycles. The average molecular weight is 505 g/mol. The van der Waals surface area contributed by atoms with Crippen molar-refractivity contribution in [2.75, 3.05) is 33.0 Å². The maximum Gasteiger partial charge on any atom is 0.259 e. The molecule has 8 heteroatoms. The third-order valence-corrected chi connectivity index (χ3v) is 7.76. The lowest BCUT2D eigenvalue weighted by molar-refractivity contribution is -0.160. The number of carbonyl (C=O) groups is 1. The molecule has 1 saturated heterocycles. The topological polar surface area (TPSA) is 101 Å². The molecule has 1 amide bonds. The summed E-state index contributed by atoms with van der Waals surface area (Å²) in [6.07, 6.45) is 6.06. The number of piperazine rings is 1. The van der Waals surface area contributed by atoms with Crippen molar-refractivity contribution >= 4 is 11.9 Å². The molecule has 3 aliphatic rings. The standard InChI is InChI=1S/C29H36N4O4/c30-28(31-25(26-20-36-21-37-26)19-22-9-3-1-4-10-22)33-17-15-32(16-18-33)27(34)29(35,24-13-7-8-14-24)23-11-5-2-6-12-23/h1-6,9-12,20,24-25,35H,7-8,13-19,21H2,(H2,30,31). The molecule has 5 rings (SSSR count). The molecular weight excluding hydrogens is 468 g/mol. The Hall–Kier alpha value is -3.52. The molecule has 1 aliphatic carbocycles. The highest BCUT2D eigenvalue weighted by Crippen LogP contribution is 2.42. The highest BCUT2D eigenvalue weighted by atomic mass is 16.7. The number of hydrogen-bond acceptors (Lipinski definition) is 5. The average Bonchev–Trinajstić information content (AvgIpc) is 3.68. The van der Waals surface area contributed by atoms with Gasteiger partial charge < -0.3 is 30.1 Å². The number of ether oxygens (including phenoxy) is 2. The SMILES string of the molecule is NC(=NC(Cc1ccccc1)C1=COCO1)N1CCN(C(=O)C(O)(c2ccccc2)C2CCCC2)CC1. The quantitative estimate of drug-likeness (QED) is 0.444. The summed E-state index contributed by atoms with van der Waals surface area (Å²) in [6.45, 7) is 2.23. The first-order valence-electron chi connectivity index (χ1n) is 13.2. The molecule has 2 atom stereocenters. The van der Waals surface area contributed by atoms with E-state index in [1.165, 1.54) is 0 Å². The van der Waals surface area contributed by atoms with E-state index in [2.05, 4.69) is 12.1 Å². The van der Waals surface area contributed by atoms with Crippen molar-refractivity contribution in [3.05, 3.63) is 83.8 Å². The maximum absolute atomic E-state index is 13.8. The summed E-state index contributed by atoms with van der Waals surface area (Å²) in [5, 5.41) is 11.9. The number of guanidine groups is 1. The van der Waals surface area contributed by atoms with E-state index in [4.69, 9.17) is 20.2 Å². The first-order chi connectivity index (χ1) is 18.1. The number of nitrogens with zero attached hydrogens (tertiary/aromatic N) is 3. The van der Waals surface area contributed by atoms with Crippen LogP contribution in [0.3, 0.4) is 0 Å². The molecule has 0 bridgehead atoms. The van der Waals surface area contributed by atoms with Crippen LogP contribution in [0.25, 0.3) is 0 Å². The van der Waals surface area contributed by atoms with Crippen LogP contribution in [0.15, 0.2) is 77.7 Å². The van der Waals surface area contributed by atoms with Gasteiger partial charge in [0.15, 0.2) is 17.3 Å². The molecule has 196 valence electrons. The van der Waals surface area contributed by atoms with Crippen molar-refractivity contribution in [2.24, 2.45) is 16.6 Å². The summed E-state index contributed by atoms with van der Waals surface area (Å²) in [5.41, 5.74) is 6.79. The fourth-order valence-electron chi connectivity index (χ4n) is 5.66. The third kappa shape index (κ3) is 5.44. The van der Waals surface area contributed by atoms with Gasteiger partial charge in [0.25, 0.3) is 5.91 Å². The van der Waals surface area contributed by atoms with E-state index in [0.29, 0.717) is 49.9 Å². The Morgan fingerprint density at radius 2 is 1.62 bits per heavy atom. The zero-order valence-electron chi connectivity index (χ0n) is 21.2. The minimum Gasteiger partial charge on any atom is -0.462 e. The van der Waals surface area contributed by atoms with Gasteiger partial charge in [0, 0.05) is 38.5 Å². The summed E-state index contributed by atoms with van der Waals surface area (Å²) in [5.74, 6) is 0.806. The number of carbonyl (C=O) groups excluding carboxylic acids is 1. The third-order valence-electron chi connectivity index (χ3n) is 7.76. The second-order valence-corrected chi connectivity index (χ2v) is 10.0. The number of hydrogen-bond donors (Lipinski definition) is 2. The molecule has 0 spiro atoms. The summed E-state index contributed by atoms with van der Waals surface area (Å²) in [4.78, 5) is 22.4. The van der Waals surface area contributed by atoms with Crippen LogP contribution in [0.1, 0.15) is 36.8 Å². The van der Waals surface area contributed by atoms with E-state index in [1.54, 1.807) is 11.2 Å². The van der Waals surface area contributed by atoms with E-state index < -0.39 is 5.60 Å². The van der Waals surface area contributed by atoms with Gasteiger partial charge in [-0.15, -0.1) is 0 Å². The molecule has 1 saturated carbocycles. The fraction of sp³-hybridized carbons (Fsp3) is 0.448. The Labute approximate surface area is 218 Å². The zero-order chi connectivity index (χ0) is 25.7. The number of nitrogens with two attached hydrogens (primary N) is 1. The van der Waals surface area contributed by atoms with Crippen LogP contribution < -0.4 is 5.73 Å². The highest BCUT2D eigenvalue weighted by molar-refractivity contribution is 5.87. The normalized spacial score (nSPS) is 21.1. The summed E-state index contributed by atoms with van der Waals surface area (Å²) < 4.78 is 10.9. The summed E-state index contributed by atoms with van der Waals surface area (Å²) in [6, 6.07) is 19.2. The molecule has 2 aromatic rings. The van der Waals surface area contributed by atoms with Gasteiger partial charge in [0.05, 0.1) is 0 Å². The molecule has 2 aromatic carbocycles. The molecule has 8 nitrogen and oxygen atoms in total. The molecule has 3 N–H and O–H groups in total. The Bertz CT molecular complexity index is 1110. The minimum absolute atomic E-state index is 0.0623. The van der Waals surface area contributed by atoms with Crippen molar-refractivity contribution in [1.82, 2.24) is 9.80 Å². The van der Waals surface area contributed by atoms with Gasteiger partial charge in [-0.05, 0) is 24.0 Å². The summed E-state index contributed by atoms with van der Waals surface area (Å²) in [7, 11) is 0. The smallest absolute Gasteiger partial charge is 0.259 e. The molecule has 2 unspecified atom stereocenters. The highest BCUT2D eigenvalue weighted by Gasteiger charge is 2.48. The zero-order valence-corrected chi connectivity index (χ0v) is 21.2. The lowest BCUT2D eigenvalue weighted by Crippen LogP contribution is -2.58. The Balaban J connectivity index is 1.28. The van der Waals surface area contributed by atoms with Crippen molar-refractivity contribution in [2.45, 2.75) is 43.7 Å². The van der Waals surface area contributed by atoms with Crippen LogP contribution in [0.4, 0.5) is 0 Å². The molecular formula is C29H36N4O4. The number of amides is 1. The Morgan fingerprint density at radius 3 is 2.24 bits per heavy atom. The van der Waals surface area contributed by atoms with E-state index in [1.807, 2.05) is 53.4 Å². The molecule has 2 aliphatic heterocycles. The minimum atomic E-state index is -1.49. The van der Waals surface area contributed by atoms with E-state index in [0.717, 1.165) is 31.2 Å². The first-order valence-corrected chi connectivity index (χ1v) is 13.2. The van der Waals surface area contributed by atoms with Crippen LogP contribution in [0.5, 0.6) is 0 Å². The molecule has 0 radical (unpaired) electrons. The number of rotatable bonds is 7. The predicted molar refractivity (Wildman–Crippen MR) is 141 cm³/mol. The number of aliphatic hydroxyl groups is 1. The van der Waals surface area contributed by atoms with Gasteiger partial charge in [0.2, 0.25) is 6.79 Å². The van der Waals surface area contributed by atoms with Crippen LogP contribution in [-0.4, -0.2) is 65.8 Å². The van der Waals surface area contributed by atoms with Crippen LogP contribution in [-0.2, 0) is 26.3 Å². The van der Waals surface area contributed by atoms with Crippen molar-refractivity contribution in [1.29, 1.82) is 0 Å². The van der Waals surface area contributed by atoms with Crippen LogP contribution >= 0.6 is 0 Å². The lowest BCUT2D eigenvalue weighted by atomic mass is 9.79. The predicted octanol–water partition coefficient (Wildman–Crippen LogP) is 2.98. The van der Waals surface area contributed by atoms with Crippen molar-refractivity contribution in [3.63, 3.8) is 0 Å². The summed E-state index contributed by atoms with van der Waals surface area (Å²) >= 11 is 0. The second kappa shape index (κ2) is 11.3. The van der Waals surface area contributed by atoms with E-state index >= 15 is 0 Å². The molecule has 2 fully saturated rings. The largest absolute Gasteiger partial charge is 0.462 e. The lowest BCUT2D eigenvalue weighted by Gasteiger charge is -2.41. The molecule has 0 aromatic heterocycles. The van der Waals surface area contributed by atoms with E-state index in [9.17, 15) is 9.90 Å². The monoisotopic (exact) mass is 504 g/mol. The number of aliphatic imine (C=N–C) groups is 1. The Kier molecular flexibility index (Phi) is 7.65. The second-order valence-electron chi connectivity index (χ2n) is 10.0. The van der Waals surface area contributed by atoms with Crippen LogP contribution in [0.2, 0.25) is 0 Å². The van der Waals surface area contributed by atoms with Crippen molar-refractivity contribution in [3.8, 4) is 0 Å². The van der Waals surface area contributed by atoms with Crippen LogP contribution in [0, 0.1) is 5.92 Å². The van der Waals surface area contributed by atoms with Gasteiger partial charge in [-0.25, -0.2) is 4.99 Å². The maximum atomic E-state index is 13.8.